The lowest BCUT2D eigenvalue weighted by Crippen LogP contribution is -2.27. The lowest BCUT2D eigenvalue weighted by molar-refractivity contribution is -0.115. The van der Waals surface area contributed by atoms with Gasteiger partial charge in [-0.1, -0.05) is 18.2 Å². The summed E-state index contributed by atoms with van der Waals surface area (Å²) in [7, 11) is 0. The van der Waals surface area contributed by atoms with E-state index in [1.807, 2.05) is 25.1 Å². The van der Waals surface area contributed by atoms with Gasteiger partial charge in [-0.15, -0.1) is 0 Å². The molecule has 2 rings (SSSR count). The van der Waals surface area contributed by atoms with Gasteiger partial charge in [0.25, 0.3) is 0 Å². The monoisotopic (exact) mass is 350 g/mol. The topological polar surface area (TPSA) is 41.1 Å². The Balaban J connectivity index is 1.81. The van der Waals surface area contributed by atoms with Crippen molar-refractivity contribution in [2.24, 2.45) is 0 Å². The van der Waals surface area contributed by atoms with Gasteiger partial charge in [0, 0.05) is 11.0 Å². The summed E-state index contributed by atoms with van der Waals surface area (Å²) in [6.07, 6.45) is 0. The van der Waals surface area contributed by atoms with Crippen molar-refractivity contribution in [3.63, 3.8) is 0 Å². The minimum atomic E-state index is -0.263. The van der Waals surface area contributed by atoms with Crippen molar-refractivity contribution >= 4 is 27.5 Å². The number of carbonyl (C=O) groups excluding carboxylic acids is 1. The van der Waals surface area contributed by atoms with E-state index in [1.54, 1.807) is 12.1 Å². The highest BCUT2D eigenvalue weighted by molar-refractivity contribution is 9.10. The van der Waals surface area contributed by atoms with Gasteiger partial charge in [-0.2, -0.15) is 0 Å². The predicted octanol–water partition coefficient (Wildman–Crippen LogP) is 3.62. The Morgan fingerprint density at radius 2 is 1.90 bits per heavy atom. The molecule has 0 aliphatic carbocycles. The summed E-state index contributed by atoms with van der Waals surface area (Å²) in [5.41, 5.74) is 2.80. The maximum Gasteiger partial charge on any atom is 0.238 e. The van der Waals surface area contributed by atoms with Crippen molar-refractivity contribution in [2.75, 3.05) is 11.9 Å². The molecule has 2 aromatic rings. The Labute approximate surface area is 131 Å². The number of carbonyl (C=O) groups is 1. The quantitative estimate of drug-likeness (QED) is 0.864. The molecule has 0 aliphatic heterocycles. The van der Waals surface area contributed by atoms with Crippen LogP contribution in [0.4, 0.5) is 10.1 Å². The first-order valence-corrected chi connectivity index (χ1v) is 7.35. The molecule has 5 heteroatoms. The Bertz CT molecular complexity index is 629. The van der Waals surface area contributed by atoms with Gasteiger partial charge in [0.1, 0.15) is 5.82 Å². The van der Waals surface area contributed by atoms with Crippen LogP contribution < -0.4 is 10.6 Å². The molecule has 0 heterocycles. The van der Waals surface area contributed by atoms with Crippen molar-refractivity contribution in [3.8, 4) is 0 Å². The maximum atomic E-state index is 12.8. The molecule has 2 aromatic carbocycles. The van der Waals surface area contributed by atoms with E-state index < -0.39 is 0 Å². The lowest BCUT2D eigenvalue weighted by Gasteiger charge is -2.09. The third-order valence-electron chi connectivity index (χ3n) is 2.93. The molecule has 0 saturated heterocycles. The van der Waals surface area contributed by atoms with E-state index in [4.69, 9.17) is 0 Å². The average molecular weight is 351 g/mol. The molecule has 0 fully saturated rings. The second-order valence-corrected chi connectivity index (χ2v) is 5.62. The lowest BCUT2D eigenvalue weighted by atomic mass is 10.2. The smallest absolute Gasteiger partial charge is 0.238 e. The molecule has 0 aromatic heterocycles. The molecule has 2 N–H and O–H groups in total. The van der Waals surface area contributed by atoms with E-state index >= 15 is 0 Å². The van der Waals surface area contributed by atoms with Crippen molar-refractivity contribution in [3.05, 3.63) is 63.9 Å². The molecule has 0 bridgehead atoms. The van der Waals surface area contributed by atoms with E-state index in [1.165, 1.54) is 12.1 Å². The first-order valence-electron chi connectivity index (χ1n) is 6.56. The highest BCUT2D eigenvalue weighted by atomic mass is 79.9. The van der Waals surface area contributed by atoms with Gasteiger partial charge < -0.3 is 10.6 Å². The van der Waals surface area contributed by atoms with Crippen LogP contribution in [-0.2, 0) is 11.3 Å². The number of anilines is 1. The van der Waals surface area contributed by atoms with Crippen molar-refractivity contribution in [1.82, 2.24) is 5.32 Å². The fourth-order valence-corrected chi connectivity index (χ4v) is 2.43. The molecule has 0 unspecified atom stereocenters. The Morgan fingerprint density at radius 1 is 1.19 bits per heavy atom. The van der Waals surface area contributed by atoms with Crippen LogP contribution in [-0.4, -0.2) is 12.5 Å². The van der Waals surface area contributed by atoms with Crippen LogP contribution in [0.15, 0.2) is 46.9 Å². The Kier molecular flexibility index (Phi) is 5.47. The standard InChI is InChI=1S/C16H16BrFN2O/c1-11-2-7-15(14(17)8-11)20-16(21)10-19-9-12-3-5-13(18)6-4-12/h2-8,19H,9-10H2,1H3,(H,20,21). The van der Waals surface area contributed by atoms with E-state index in [0.29, 0.717) is 6.54 Å². The summed E-state index contributed by atoms with van der Waals surface area (Å²) >= 11 is 3.42. The Morgan fingerprint density at radius 3 is 2.57 bits per heavy atom. The molecule has 0 spiro atoms. The van der Waals surface area contributed by atoms with E-state index in [0.717, 1.165) is 21.3 Å². The second-order valence-electron chi connectivity index (χ2n) is 4.76. The van der Waals surface area contributed by atoms with E-state index in [-0.39, 0.29) is 18.3 Å². The van der Waals surface area contributed by atoms with Crippen LogP contribution in [0.3, 0.4) is 0 Å². The Hall–Kier alpha value is -1.72. The summed E-state index contributed by atoms with van der Waals surface area (Å²) in [5, 5.41) is 5.85. The molecule has 3 nitrogen and oxygen atoms in total. The van der Waals surface area contributed by atoms with Gasteiger partial charge in [-0.25, -0.2) is 4.39 Å². The summed E-state index contributed by atoms with van der Waals surface area (Å²) in [6, 6.07) is 11.9. The number of benzene rings is 2. The van der Waals surface area contributed by atoms with Crippen LogP contribution in [0, 0.1) is 12.7 Å². The van der Waals surface area contributed by atoms with Crippen LogP contribution >= 0.6 is 15.9 Å². The summed E-state index contributed by atoms with van der Waals surface area (Å²) in [4.78, 5) is 11.8. The fourth-order valence-electron chi connectivity index (χ4n) is 1.84. The van der Waals surface area contributed by atoms with Gasteiger partial charge in [0.15, 0.2) is 0 Å². The highest BCUT2D eigenvalue weighted by Crippen LogP contribution is 2.23. The molecule has 0 aliphatic rings. The van der Waals surface area contributed by atoms with Crippen LogP contribution in [0.2, 0.25) is 0 Å². The summed E-state index contributed by atoms with van der Waals surface area (Å²) in [5.74, 6) is -0.387. The number of rotatable bonds is 5. The predicted molar refractivity (Wildman–Crippen MR) is 85.6 cm³/mol. The molecule has 110 valence electrons. The minimum absolute atomic E-state index is 0.123. The molecular weight excluding hydrogens is 335 g/mol. The van der Waals surface area contributed by atoms with Crippen LogP contribution in [0.1, 0.15) is 11.1 Å². The maximum absolute atomic E-state index is 12.8. The molecule has 0 saturated carbocycles. The van der Waals surface area contributed by atoms with E-state index in [9.17, 15) is 9.18 Å². The fraction of sp³-hybridized carbons (Fsp3) is 0.188. The first kappa shape index (κ1) is 15.7. The van der Waals surface area contributed by atoms with Gasteiger partial charge in [-0.05, 0) is 58.2 Å². The van der Waals surface area contributed by atoms with Crippen molar-refractivity contribution in [2.45, 2.75) is 13.5 Å². The number of hydrogen-bond donors (Lipinski definition) is 2. The molecule has 0 atom stereocenters. The second kappa shape index (κ2) is 7.33. The third kappa shape index (κ3) is 4.95. The SMILES string of the molecule is Cc1ccc(NC(=O)CNCc2ccc(F)cc2)c(Br)c1. The van der Waals surface area contributed by atoms with Gasteiger partial charge in [-0.3, -0.25) is 4.79 Å². The average Bonchev–Trinajstić information content (AvgIpc) is 2.44. The third-order valence-corrected chi connectivity index (χ3v) is 3.58. The largest absolute Gasteiger partial charge is 0.324 e. The van der Waals surface area contributed by atoms with Gasteiger partial charge in [0.2, 0.25) is 5.91 Å². The van der Waals surface area contributed by atoms with Gasteiger partial charge >= 0.3 is 0 Å². The van der Waals surface area contributed by atoms with Gasteiger partial charge in [0.05, 0.1) is 12.2 Å². The van der Waals surface area contributed by atoms with Crippen LogP contribution in [0.25, 0.3) is 0 Å². The number of amides is 1. The highest BCUT2D eigenvalue weighted by Gasteiger charge is 2.05. The number of halogens is 2. The number of aryl methyl sites for hydroxylation is 1. The molecule has 1 amide bonds. The molecule has 0 radical (unpaired) electrons. The molecule has 21 heavy (non-hydrogen) atoms. The summed E-state index contributed by atoms with van der Waals surface area (Å²) in [6.45, 7) is 2.70. The summed E-state index contributed by atoms with van der Waals surface area (Å²) < 4.78 is 13.6. The first-order chi connectivity index (χ1) is 10.0. The minimum Gasteiger partial charge on any atom is -0.324 e. The zero-order valence-electron chi connectivity index (χ0n) is 11.6. The van der Waals surface area contributed by atoms with Crippen molar-refractivity contribution < 1.29 is 9.18 Å². The van der Waals surface area contributed by atoms with Crippen LogP contribution in [0.5, 0.6) is 0 Å². The zero-order valence-corrected chi connectivity index (χ0v) is 13.2. The normalized spacial score (nSPS) is 10.4. The van der Waals surface area contributed by atoms with Crippen molar-refractivity contribution in [1.29, 1.82) is 0 Å². The number of nitrogens with one attached hydrogen (secondary N) is 2. The zero-order chi connectivity index (χ0) is 15.2. The number of hydrogen-bond acceptors (Lipinski definition) is 2. The molecular formula is C16H16BrFN2O. The van der Waals surface area contributed by atoms with E-state index in [2.05, 4.69) is 26.6 Å².